The number of furan rings is 1. The normalized spacial score (nSPS) is 11.1. The molecule has 2 aromatic rings. The lowest BCUT2D eigenvalue weighted by Crippen LogP contribution is -1.89. The van der Waals surface area contributed by atoms with Crippen molar-refractivity contribution in [3.8, 4) is 11.5 Å². The number of methoxy groups -OCH3 is 2. The minimum absolute atomic E-state index is 0.466. The third-order valence-electron chi connectivity index (χ3n) is 2.23. The molecule has 1 heterocycles. The Hall–Kier alpha value is -2.17. The van der Waals surface area contributed by atoms with Gasteiger partial charge >= 0.3 is 0 Å². The van der Waals surface area contributed by atoms with Crippen LogP contribution in [0.1, 0.15) is 5.76 Å². The van der Waals surface area contributed by atoms with E-state index in [2.05, 4.69) is 5.16 Å². The van der Waals surface area contributed by atoms with E-state index in [0.29, 0.717) is 22.8 Å². The summed E-state index contributed by atoms with van der Waals surface area (Å²) in [5.41, 5.74) is 0.646. The van der Waals surface area contributed by atoms with Crippen molar-refractivity contribution in [2.75, 3.05) is 14.2 Å². The van der Waals surface area contributed by atoms with Gasteiger partial charge in [-0.2, -0.15) is 0 Å². The van der Waals surface area contributed by atoms with E-state index in [0.717, 1.165) is 5.39 Å². The number of fused-ring (bicyclic) bond motifs is 1. The van der Waals surface area contributed by atoms with Gasteiger partial charge in [0.15, 0.2) is 11.5 Å². The number of benzene rings is 1. The highest BCUT2D eigenvalue weighted by Crippen LogP contribution is 2.33. The van der Waals surface area contributed by atoms with E-state index in [9.17, 15) is 0 Å². The summed E-state index contributed by atoms with van der Waals surface area (Å²) in [7, 11) is 3.13. The molecular formula is C11H11NO4. The molecular weight excluding hydrogens is 210 g/mol. The second-order valence-corrected chi connectivity index (χ2v) is 3.14. The average Bonchev–Trinajstić information content (AvgIpc) is 2.68. The molecule has 0 aliphatic carbocycles. The predicted octanol–water partition coefficient (Wildman–Crippen LogP) is 2.26. The van der Waals surface area contributed by atoms with Gasteiger partial charge in [-0.15, -0.1) is 0 Å². The Bertz CT molecular complexity index is 489. The van der Waals surface area contributed by atoms with Crippen molar-refractivity contribution >= 4 is 17.2 Å². The van der Waals surface area contributed by atoms with Crippen LogP contribution in [0.5, 0.6) is 11.5 Å². The van der Waals surface area contributed by atoms with Gasteiger partial charge in [0, 0.05) is 11.5 Å². The fraction of sp³-hybridized carbons (Fsp3) is 0.182. The SMILES string of the molecule is COc1cc2cc(/C=N\O)oc2cc1OC. The van der Waals surface area contributed by atoms with Crippen LogP contribution in [0.2, 0.25) is 0 Å². The molecule has 1 aromatic heterocycles. The molecule has 2 rings (SSSR count). The summed E-state index contributed by atoms with van der Waals surface area (Å²) in [6, 6.07) is 5.27. The monoisotopic (exact) mass is 221 g/mol. The third-order valence-corrected chi connectivity index (χ3v) is 2.23. The zero-order valence-corrected chi connectivity index (χ0v) is 8.93. The summed E-state index contributed by atoms with van der Waals surface area (Å²) in [5, 5.41) is 12.2. The molecule has 0 fully saturated rings. The van der Waals surface area contributed by atoms with Crippen molar-refractivity contribution in [2.45, 2.75) is 0 Å². The molecule has 16 heavy (non-hydrogen) atoms. The Morgan fingerprint density at radius 2 is 1.88 bits per heavy atom. The largest absolute Gasteiger partial charge is 0.493 e. The Kier molecular flexibility index (Phi) is 2.68. The molecule has 0 saturated carbocycles. The van der Waals surface area contributed by atoms with Crippen molar-refractivity contribution in [3.05, 3.63) is 24.0 Å². The van der Waals surface area contributed by atoms with Crippen LogP contribution in [0, 0.1) is 0 Å². The maximum atomic E-state index is 8.41. The lowest BCUT2D eigenvalue weighted by Gasteiger charge is -2.06. The predicted molar refractivity (Wildman–Crippen MR) is 58.7 cm³/mol. The number of hydrogen-bond donors (Lipinski definition) is 1. The first kappa shape index (κ1) is 10.4. The molecule has 1 aromatic carbocycles. The molecule has 0 atom stereocenters. The fourth-order valence-electron chi connectivity index (χ4n) is 1.51. The molecule has 0 saturated heterocycles. The Labute approximate surface area is 91.9 Å². The van der Waals surface area contributed by atoms with E-state index < -0.39 is 0 Å². The van der Waals surface area contributed by atoms with Gasteiger partial charge in [-0.25, -0.2) is 0 Å². The molecule has 0 radical (unpaired) electrons. The van der Waals surface area contributed by atoms with E-state index >= 15 is 0 Å². The molecule has 0 unspecified atom stereocenters. The van der Waals surface area contributed by atoms with Crippen LogP contribution in [0.3, 0.4) is 0 Å². The van der Waals surface area contributed by atoms with Crippen molar-refractivity contribution in [1.29, 1.82) is 0 Å². The maximum absolute atomic E-state index is 8.41. The van der Waals surface area contributed by atoms with Gasteiger partial charge in [0.05, 0.1) is 14.2 Å². The summed E-state index contributed by atoms with van der Waals surface area (Å²) >= 11 is 0. The van der Waals surface area contributed by atoms with E-state index in [1.54, 1.807) is 32.4 Å². The van der Waals surface area contributed by atoms with E-state index in [1.165, 1.54) is 6.21 Å². The smallest absolute Gasteiger partial charge is 0.164 e. The molecule has 0 aliphatic rings. The highest BCUT2D eigenvalue weighted by molar-refractivity contribution is 5.88. The number of nitrogens with zero attached hydrogens (tertiary/aromatic N) is 1. The quantitative estimate of drug-likeness (QED) is 0.490. The van der Waals surface area contributed by atoms with Crippen molar-refractivity contribution < 1.29 is 19.1 Å². The number of rotatable bonds is 3. The van der Waals surface area contributed by atoms with Gasteiger partial charge in [0.1, 0.15) is 17.6 Å². The molecule has 5 heteroatoms. The average molecular weight is 221 g/mol. The van der Waals surface area contributed by atoms with E-state index in [-0.39, 0.29) is 0 Å². The van der Waals surface area contributed by atoms with Gasteiger partial charge in [-0.3, -0.25) is 0 Å². The summed E-state index contributed by atoms with van der Waals surface area (Å²) in [5.74, 6) is 1.69. The molecule has 0 spiro atoms. The van der Waals surface area contributed by atoms with Gasteiger partial charge in [-0.05, 0) is 12.1 Å². The van der Waals surface area contributed by atoms with Gasteiger partial charge in [0.25, 0.3) is 0 Å². The minimum Gasteiger partial charge on any atom is -0.493 e. The second kappa shape index (κ2) is 4.14. The topological polar surface area (TPSA) is 64.2 Å². The third kappa shape index (κ3) is 1.67. The van der Waals surface area contributed by atoms with Crippen LogP contribution >= 0.6 is 0 Å². The van der Waals surface area contributed by atoms with Crippen LogP contribution in [0.15, 0.2) is 27.8 Å². The van der Waals surface area contributed by atoms with Crippen molar-refractivity contribution in [1.82, 2.24) is 0 Å². The molecule has 0 bridgehead atoms. The van der Waals surface area contributed by atoms with Crippen LogP contribution < -0.4 is 9.47 Å². The minimum atomic E-state index is 0.466. The lowest BCUT2D eigenvalue weighted by molar-refractivity contribution is 0.321. The fourth-order valence-corrected chi connectivity index (χ4v) is 1.51. The van der Waals surface area contributed by atoms with E-state index in [4.69, 9.17) is 19.1 Å². The first-order valence-electron chi connectivity index (χ1n) is 4.61. The molecule has 0 aliphatic heterocycles. The van der Waals surface area contributed by atoms with Crippen LogP contribution in [-0.2, 0) is 0 Å². The van der Waals surface area contributed by atoms with Gasteiger partial charge < -0.3 is 19.1 Å². The van der Waals surface area contributed by atoms with Crippen LogP contribution in [0.25, 0.3) is 11.0 Å². The Morgan fingerprint density at radius 1 is 1.19 bits per heavy atom. The van der Waals surface area contributed by atoms with Crippen molar-refractivity contribution in [2.24, 2.45) is 5.16 Å². The number of oxime groups is 1. The Morgan fingerprint density at radius 3 is 2.50 bits per heavy atom. The van der Waals surface area contributed by atoms with Crippen molar-refractivity contribution in [3.63, 3.8) is 0 Å². The molecule has 5 nitrogen and oxygen atoms in total. The lowest BCUT2D eigenvalue weighted by atomic mass is 10.2. The zero-order valence-electron chi connectivity index (χ0n) is 8.93. The molecule has 84 valence electrons. The second-order valence-electron chi connectivity index (χ2n) is 3.14. The standard InChI is InChI=1S/C11H11NO4/c1-14-10-4-7-3-8(6-12-13)16-9(7)5-11(10)15-2/h3-6,13H,1-2H3/b12-6-. The first-order valence-corrected chi connectivity index (χ1v) is 4.61. The summed E-state index contributed by atoms with van der Waals surface area (Å²) in [6.45, 7) is 0. The van der Waals surface area contributed by atoms with Gasteiger partial charge in [-0.1, -0.05) is 5.16 Å². The maximum Gasteiger partial charge on any atom is 0.164 e. The summed E-state index contributed by atoms with van der Waals surface area (Å²) < 4.78 is 15.7. The van der Waals surface area contributed by atoms with Crippen LogP contribution in [-0.4, -0.2) is 25.6 Å². The summed E-state index contributed by atoms with van der Waals surface area (Å²) in [6.07, 6.45) is 1.22. The van der Waals surface area contributed by atoms with Crippen LogP contribution in [0.4, 0.5) is 0 Å². The number of hydrogen-bond acceptors (Lipinski definition) is 5. The van der Waals surface area contributed by atoms with Gasteiger partial charge in [0.2, 0.25) is 0 Å². The summed E-state index contributed by atoms with van der Waals surface area (Å²) in [4.78, 5) is 0. The number of ether oxygens (including phenoxy) is 2. The Balaban J connectivity index is 2.59. The highest BCUT2D eigenvalue weighted by atomic mass is 16.5. The first-order chi connectivity index (χ1) is 7.78. The molecule has 1 N–H and O–H groups in total. The highest BCUT2D eigenvalue weighted by Gasteiger charge is 2.09. The molecule has 0 amide bonds. The zero-order chi connectivity index (χ0) is 11.5. The van der Waals surface area contributed by atoms with E-state index in [1.807, 2.05) is 0 Å².